The van der Waals surface area contributed by atoms with Crippen LogP contribution in [-0.2, 0) is 0 Å². The van der Waals surface area contributed by atoms with E-state index >= 15 is 0 Å². The maximum Gasteiger partial charge on any atom is 0.162 e. The first-order valence-electron chi connectivity index (χ1n) is 8.60. The standard InChI is InChI=1S/C18H23N5O2/c1-4-22-5-7-23(8-6-22)18-17-16(19-11-20-18)12-9-14(24-2)15(25-3)10-13(12)21-17/h9-11,21H,4-8H2,1-3H3. The van der Waals surface area contributed by atoms with Gasteiger partial charge in [-0.15, -0.1) is 0 Å². The fourth-order valence-electron chi connectivity index (χ4n) is 3.52. The van der Waals surface area contributed by atoms with Gasteiger partial charge in [-0.25, -0.2) is 9.97 Å². The zero-order chi connectivity index (χ0) is 17.4. The third-order valence-corrected chi connectivity index (χ3v) is 4.98. The summed E-state index contributed by atoms with van der Waals surface area (Å²) in [5, 5.41) is 1.02. The van der Waals surface area contributed by atoms with Gasteiger partial charge in [0.05, 0.1) is 19.7 Å². The van der Waals surface area contributed by atoms with Gasteiger partial charge in [0, 0.05) is 37.6 Å². The molecule has 1 aliphatic rings. The number of H-pyrrole nitrogens is 1. The highest BCUT2D eigenvalue weighted by atomic mass is 16.5. The Hall–Kier alpha value is -2.54. The molecule has 4 rings (SSSR count). The second-order valence-corrected chi connectivity index (χ2v) is 6.22. The molecule has 132 valence electrons. The highest BCUT2D eigenvalue weighted by molar-refractivity contribution is 6.09. The molecule has 1 aliphatic heterocycles. The molecule has 3 aromatic rings. The summed E-state index contributed by atoms with van der Waals surface area (Å²) in [6, 6.07) is 3.92. The molecule has 1 aromatic carbocycles. The number of fused-ring (bicyclic) bond motifs is 3. The van der Waals surface area contributed by atoms with Crippen molar-refractivity contribution in [3.63, 3.8) is 0 Å². The van der Waals surface area contributed by atoms with E-state index in [0.29, 0.717) is 11.5 Å². The van der Waals surface area contributed by atoms with Crippen LogP contribution in [0.1, 0.15) is 6.92 Å². The Balaban J connectivity index is 1.81. The van der Waals surface area contributed by atoms with Crippen LogP contribution in [0.4, 0.5) is 5.82 Å². The van der Waals surface area contributed by atoms with Crippen LogP contribution < -0.4 is 14.4 Å². The lowest BCUT2D eigenvalue weighted by molar-refractivity contribution is 0.270. The summed E-state index contributed by atoms with van der Waals surface area (Å²) >= 11 is 0. The van der Waals surface area contributed by atoms with Crippen molar-refractivity contribution in [1.82, 2.24) is 19.9 Å². The topological polar surface area (TPSA) is 66.5 Å². The van der Waals surface area contributed by atoms with E-state index in [-0.39, 0.29) is 0 Å². The highest BCUT2D eigenvalue weighted by Crippen LogP contribution is 2.36. The average Bonchev–Trinajstić information content (AvgIpc) is 3.04. The average molecular weight is 341 g/mol. The quantitative estimate of drug-likeness (QED) is 0.785. The smallest absolute Gasteiger partial charge is 0.162 e. The number of benzene rings is 1. The Labute approximate surface area is 146 Å². The van der Waals surface area contributed by atoms with Crippen LogP contribution in [0.2, 0.25) is 0 Å². The van der Waals surface area contributed by atoms with Crippen LogP contribution in [0.15, 0.2) is 18.5 Å². The minimum atomic E-state index is 0.702. The van der Waals surface area contributed by atoms with E-state index in [1.165, 1.54) is 0 Å². The number of ether oxygens (including phenoxy) is 2. The maximum atomic E-state index is 5.44. The third kappa shape index (κ3) is 2.64. The molecule has 0 aliphatic carbocycles. The molecule has 0 spiro atoms. The lowest BCUT2D eigenvalue weighted by atomic mass is 10.2. The van der Waals surface area contributed by atoms with Gasteiger partial charge in [0.2, 0.25) is 0 Å². The second-order valence-electron chi connectivity index (χ2n) is 6.22. The van der Waals surface area contributed by atoms with E-state index in [4.69, 9.17) is 9.47 Å². The Morgan fingerprint density at radius 3 is 2.44 bits per heavy atom. The van der Waals surface area contributed by atoms with Gasteiger partial charge in [0.25, 0.3) is 0 Å². The first kappa shape index (κ1) is 16.0. The van der Waals surface area contributed by atoms with Gasteiger partial charge in [-0.3, -0.25) is 0 Å². The number of hydrogen-bond acceptors (Lipinski definition) is 6. The minimum Gasteiger partial charge on any atom is -0.493 e. The Kier molecular flexibility index (Phi) is 4.09. The third-order valence-electron chi connectivity index (χ3n) is 4.98. The van der Waals surface area contributed by atoms with Crippen molar-refractivity contribution in [3.05, 3.63) is 18.5 Å². The number of likely N-dealkylation sites (N-methyl/N-ethyl adjacent to an activating group) is 1. The summed E-state index contributed by atoms with van der Waals surface area (Å²) in [6.45, 7) is 7.37. The van der Waals surface area contributed by atoms with Crippen molar-refractivity contribution >= 4 is 27.8 Å². The fraction of sp³-hybridized carbons (Fsp3) is 0.444. The van der Waals surface area contributed by atoms with Crippen LogP contribution in [-0.4, -0.2) is 66.8 Å². The molecule has 0 radical (unpaired) electrons. The molecule has 1 saturated heterocycles. The van der Waals surface area contributed by atoms with Crippen molar-refractivity contribution in [2.24, 2.45) is 0 Å². The zero-order valence-electron chi connectivity index (χ0n) is 14.9. The van der Waals surface area contributed by atoms with Crippen molar-refractivity contribution in [1.29, 1.82) is 0 Å². The van der Waals surface area contributed by atoms with E-state index in [0.717, 1.165) is 60.5 Å². The SMILES string of the molecule is CCN1CCN(c2ncnc3c2[nH]c2cc(OC)c(OC)cc23)CC1. The van der Waals surface area contributed by atoms with Crippen LogP contribution in [0.3, 0.4) is 0 Å². The van der Waals surface area contributed by atoms with Crippen LogP contribution in [0.25, 0.3) is 21.9 Å². The molecular formula is C18H23N5O2. The maximum absolute atomic E-state index is 5.44. The number of hydrogen-bond donors (Lipinski definition) is 1. The molecule has 0 saturated carbocycles. The predicted molar refractivity (Wildman–Crippen MR) is 98.8 cm³/mol. The summed E-state index contributed by atoms with van der Waals surface area (Å²) in [6.07, 6.45) is 1.65. The predicted octanol–water partition coefficient (Wildman–Crippen LogP) is 2.27. The first-order chi connectivity index (χ1) is 12.2. The number of aromatic nitrogens is 3. The Morgan fingerprint density at radius 2 is 1.76 bits per heavy atom. The highest BCUT2D eigenvalue weighted by Gasteiger charge is 2.21. The van der Waals surface area contributed by atoms with Crippen molar-refractivity contribution in [2.45, 2.75) is 6.92 Å². The van der Waals surface area contributed by atoms with Crippen molar-refractivity contribution in [2.75, 3.05) is 51.8 Å². The molecule has 2 aromatic heterocycles. The van der Waals surface area contributed by atoms with Crippen molar-refractivity contribution < 1.29 is 9.47 Å². The summed E-state index contributed by atoms with van der Waals surface area (Å²) in [5.74, 6) is 2.37. The molecule has 1 fully saturated rings. The van der Waals surface area contributed by atoms with Gasteiger partial charge < -0.3 is 24.3 Å². The molecule has 0 unspecified atom stereocenters. The largest absolute Gasteiger partial charge is 0.493 e. The monoisotopic (exact) mass is 341 g/mol. The molecule has 7 heteroatoms. The summed E-state index contributed by atoms with van der Waals surface area (Å²) in [5.41, 5.74) is 2.86. The number of nitrogens with zero attached hydrogens (tertiary/aromatic N) is 4. The Morgan fingerprint density at radius 1 is 1.04 bits per heavy atom. The molecule has 25 heavy (non-hydrogen) atoms. The fourth-order valence-corrected chi connectivity index (χ4v) is 3.52. The normalized spacial score (nSPS) is 15.9. The number of piperazine rings is 1. The second kappa shape index (κ2) is 6.40. The molecule has 7 nitrogen and oxygen atoms in total. The first-order valence-corrected chi connectivity index (χ1v) is 8.60. The van der Waals surface area contributed by atoms with Gasteiger partial charge in [0.15, 0.2) is 17.3 Å². The number of aromatic amines is 1. The summed E-state index contributed by atoms with van der Waals surface area (Å²) in [4.78, 5) is 17.3. The lowest BCUT2D eigenvalue weighted by Gasteiger charge is -2.34. The van der Waals surface area contributed by atoms with E-state index in [1.807, 2.05) is 12.1 Å². The summed E-state index contributed by atoms with van der Waals surface area (Å²) in [7, 11) is 3.29. The molecular weight excluding hydrogens is 318 g/mol. The van der Waals surface area contributed by atoms with E-state index in [1.54, 1.807) is 20.5 Å². The lowest BCUT2D eigenvalue weighted by Crippen LogP contribution is -2.46. The Bertz CT molecular complexity index is 899. The number of rotatable bonds is 4. The van der Waals surface area contributed by atoms with Crippen LogP contribution in [0.5, 0.6) is 11.5 Å². The van der Waals surface area contributed by atoms with Gasteiger partial charge in [-0.2, -0.15) is 0 Å². The van der Waals surface area contributed by atoms with Gasteiger partial charge in [-0.1, -0.05) is 6.92 Å². The van der Waals surface area contributed by atoms with Gasteiger partial charge in [-0.05, 0) is 12.6 Å². The van der Waals surface area contributed by atoms with E-state index in [9.17, 15) is 0 Å². The van der Waals surface area contributed by atoms with Crippen LogP contribution >= 0.6 is 0 Å². The summed E-state index contributed by atoms with van der Waals surface area (Å²) < 4.78 is 10.8. The van der Waals surface area contributed by atoms with Crippen molar-refractivity contribution in [3.8, 4) is 11.5 Å². The number of anilines is 1. The van der Waals surface area contributed by atoms with Gasteiger partial charge in [0.1, 0.15) is 17.4 Å². The van der Waals surface area contributed by atoms with Gasteiger partial charge >= 0.3 is 0 Å². The number of methoxy groups -OCH3 is 2. The van der Waals surface area contributed by atoms with E-state index in [2.05, 4.69) is 31.7 Å². The molecule has 1 N–H and O–H groups in total. The zero-order valence-corrected chi connectivity index (χ0v) is 14.9. The van der Waals surface area contributed by atoms with E-state index < -0.39 is 0 Å². The molecule has 0 atom stereocenters. The van der Waals surface area contributed by atoms with Crippen LogP contribution in [0, 0.1) is 0 Å². The molecule has 0 bridgehead atoms. The molecule has 3 heterocycles. The number of nitrogens with one attached hydrogen (secondary N) is 1. The molecule has 0 amide bonds. The minimum absolute atomic E-state index is 0.702.